The van der Waals surface area contributed by atoms with Crippen LogP contribution >= 0.6 is 11.6 Å². The third kappa shape index (κ3) is 9.31. The minimum atomic E-state index is -3.63. The number of benzene rings is 2. The lowest BCUT2D eigenvalue weighted by Crippen LogP contribution is -2.53. The van der Waals surface area contributed by atoms with Gasteiger partial charge < -0.3 is 10.2 Å². The minimum Gasteiger partial charge on any atom is -0.350 e. The molecule has 1 atom stereocenters. The molecule has 7 nitrogen and oxygen atoms in total. The largest absolute Gasteiger partial charge is 0.350 e. The number of sulfonamides is 1. The number of aryl methyl sites for hydroxylation is 1. The Morgan fingerprint density at radius 3 is 2.27 bits per heavy atom. The molecular formula is C27H37ClFN3O4S. The van der Waals surface area contributed by atoms with Crippen LogP contribution in [-0.2, 0) is 26.2 Å². The molecule has 0 aromatic heterocycles. The van der Waals surface area contributed by atoms with Gasteiger partial charge in [0.1, 0.15) is 11.9 Å². The van der Waals surface area contributed by atoms with Crippen molar-refractivity contribution in [2.24, 2.45) is 0 Å². The molecule has 0 saturated carbocycles. The van der Waals surface area contributed by atoms with Crippen molar-refractivity contribution in [1.82, 2.24) is 10.2 Å². The molecule has 2 aromatic carbocycles. The van der Waals surface area contributed by atoms with Gasteiger partial charge in [-0.05, 0) is 75.9 Å². The summed E-state index contributed by atoms with van der Waals surface area (Å²) in [6, 6.07) is 10.1. The average Bonchev–Trinajstić information content (AvgIpc) is 2.77. The van der Waals surface area contributed by atoms with Crippen LogP contribution in [0.1, 0.15) is 58.1 Å². The van der Waals surface area contributed by atoms with Gasteiger partial charge in [0.2, 0.25) is 21.8 Å². The first-order chi connectivity index (χ1) is 17.1. The summed E-state index contributed by atoms with van der Waals surface area (Å²) in [6.45, 7) is 9.40. The molecule has 0 spiro atoms. The van der Waals surface area contributed by atoms with E-state index in [1.807, 2.05) is 27.7 Å². The van der Waals surface area contributed by atoms with Crippen LogP contribution in [0.2, 0.25) is 5.02 Å². The second kappa shape index (κ2) is 12.7. The Kier molecular flexibility index (Phi) is 10.5. The summed E-state index contributed by atoms with van der Waals surface area (Å²) in [4.78, 5) is 28.0. The van der Waals surface area contributed by atoms with E-state index in [1.165, 1.54) is 21.3 Å². The van der Waals surface area contributed by atoms with E-state index in [2.05, 4.69) is 5.32 Å². The number of nitrogens with zero attached hydrogens (tertiary/aromatic N) is 2. The molecule has 2 rings (SSSR count). The molecule has 10 heteroatoms. The van der Waals surface area contributed by atoms with Crippen molar-refractivity contribution in [2.75, 3.05) is 17.1 Å². The van der Waals surface area contributed by atoms with Gasteiger partial charge in [-0.1, -0.05) is 36.7 Å². The summed E-state index contributed by atoms with van der Waals surface area (Å²) in [5, 5.41) is 3.34. The van der Waals surface area contributed by atoms with Gasteiger partial charge in [-0.25, -0.2) is 12.8 Å². The number of carbonyl (C=O) groups is 2. The van der Waals surface area contributed by atoms with Crippen molar-refractivity contribution in [3.8, 4) is 0 Å². The number of nitrogens with one attached hydrogen (secondary N) is 1. The quantitative estimate of drug-likeness (QED) is 0.421. The fourth-order valence-electron chi connectivity index (χ4n) is 3.99. The van der Waals surface area contributed by atoms with Crippen molar-refractivity contribution < 1.29 is 22.4 Å². The molecule has 0 aliphatic rings. The first-order valence-electron chi connectivity index (χ1n) is 12.2. The lowest BCUT2D eigenvalue weighted by atomic mass is 10.0. The second-order valence-electron chi connectivity index (χ2n) is 10.2. The Hall–Kier alpha value is -2.65. The number of carbonyl (C=O) groups excluding carboxylic acids is 2. The number of rotatable bonds is 11. The smallest absolute Gasteiger partial charge is 0.243 e. The van der Waals surface area contributed by atoms with Gasteiger partial charge in [-0.3, -0.25) is 13.9 Å². The third-order valence-electron chi connectivity index (χ3n) is 5.74. The predicted molar refractivity (Wildman–Crippen MR) is 147 cm³/mol. The van der Waals surface area contributed by atoms with E-state index in [4.69, 9.17) is 11.6 Å². The van der Waals surface area contributed by atoms with Gasteiger partial charge in [0.05, 0.1) is 11.9 Å². The van der Waals surface area contributed by atoms with Crippen LogP contribution in [0.3, 0.4) is 0 Å². The third-order valence-corrected chi connectivity index (χ3v) is 7.16. The molecule has 37 heavy (non-hydrogen) atoms. The minimum absolute atomic E-state index is 0.0200. The molecule has 0 radical (unpaired) electrons. The Morgan fingerprint density at radius 2 is 1.73 bits per heavy atom. The van der Waals surface area contributed by atoms with E-state index in [0.29, 0.717) is 22.7 Å². The van der Waals surface area contributed by atoms with Crippen molar-refractivity contribution in [1.29, 1.82) is 0 Å². The van der Waals surface area contributed by atoms with E-state index < -0.39 is 27.4 Å². The fourth-order valence-corrected chi connectivity index (χ4v) is 5.17. The summed E-state index contributed by atoms with van der Waals surface area (Å²) in [7, 11) is -3.63. The fraction of sp³-hybridized carbons (Fsp3) is 0.481. The molecule has 0 saturated heterocycles. The number of anilines is 1. The summed E-state index contributed by atoms with van der Waals surface area (Å²) >= 11 is 6.11. The van der Waals surface area contributed by atoms with Gasteiger partial charge in [-0.2, -0.15) is 0 Å². The van der Waals surface area contributed by atoms with Crippen LogP contribution in [0.5, 0.6) is 0 Å². The number of halogens is 2. The molecule has 2 amide bonds. The van der Waals surface area contributed by atoms with Crippen molar-refractivity contribution in [3.63, 3.8) is 0 Å². The zero-order valence-corrected chi connectivity index (χ0v) is 23.9. The number of hydrogen-bond donors (Lipinski definition) is 1. The van der Waals surface area contributed by atoms with E-state index >= 15 is 0 Å². The van der Waals surface area contributed by atoms with E-state index in [1.54, 1.807) is 37.3 Å². The van der Waals surface area contributed by atoms with E-state index in [-0.39, 0.29) is 37.7 Å². The summed E-state index contributed by atoms with van der Waals surface area (Å²) in [5.74, 6) is -0.967. The molecule has 2 aromatic rings. The van der Waals surface area contributed by atoms with E-state index in [0.717, 1.165) is 11.8 Å². The van der Waals surface area contributed by atoms with Crippen LogP contribution in [-0.4, -0.2) is 49.5 Å². The highest BCUT2D eigenvalue weighted by molar-refractivity contribution is 7.92. The van der Waals surface area contributed by atoms with Gasteiger partial charge in [-0.15, -0.1) is 0 Å². The summed E-state index contributed by atoms with van der Waals surface area (Å²) in [6.07, 6.45) is 1.74. The first-order valence-corrected chi connectivity index (χ1v) is 14.4. The first kappa shape index (κ1) is 30.6. The Bertz CT molecular complexity index is 1200. The molecule has 0 aliphatic carbocycles. The SMILES string of the molecule is CC[C@@H](C(=O)NC(C)(C)C)N(Cc1ccc(F)cc1)C(=O)CCCN(c1cc(Cl)ccc1C)S(C)(=O)=O. The lowest BCUT2D eigenvalue weighted by Gasteiger charge is -2.33. The highest BCUT2D eigenvalue weighted by Crippen LogP contribution is 2.27. The van der Waals surface area contributed by atoms with Gasteiger partial charge in [0.15, 0.2) is 0 Å². The molecule has 0 fully saturated rings. The Labute approximate surface area is 225 Å². The predicted octanol–water partition coefficient (Wildman–Crippen LogP) is 5.06. The molecule has 0 bridgehead atoms. The normalized spacial score (nSPS) is 12.6. The number of amides is 2. The highest BCUT2D eigenvalue weighted by Gasteiger charge is 2.31. The van der Waals surface area contributed by atoms with Crippen LogP contribution in [0.15, 0.2) is 42.5 Å². The van der Waals surface area contributed by atoms with Gasteiger partial charge in [0.25, 0.3) is 0 Å². The second-order valence-corrected chi connectivity index (χ2v) is 12.5. The lowest BCUT2D eigenvalue weighted by molar-refractivity contribution is -0.142. The average molecular weight is 554 g/mol. The molecule has 0 heterocycles. The maximum atomic E-state index is 13.5. The standard InChI is InChI=1S/C27H37ClFN3O4S/c1-7-23(26(34)30-27(3,4)5)31(18-20-11-14-22(29)15-12-20)25(33)9-8-16-32(37(6,35)36)24-17-21(28)13-10-19(24)2/h10-15,17,23H,7-9,16,18H2,1-6H3,(H,30,34)/t23-/m0/s1. The summed E-state index contributed by atoms with van der Waals surface area (Å²) < 4.78 is 39.8. The maximum Gasteiger partial charge on any atom is 0.243 e. The van der Waals surface area contributed by atoms with Crippen LogP contribution in [0, 0.1) is 12.7 Å². The monoisotopic (exact) mass is 553 g/mol. The van der Waals surface area contributed by atoms with Crippen LogP contribution in [0.25, 0.3) is 0 Å². The zero-order valence-electron chi connectivity index (χ0n) is 22.3. The van der Waals surface area contributed by atoms with Crippen molar-refractivity contribution >= 4 is 39.1 Å². The van der Waals surface area contributed by atoms with Crippen molar-refractivity contribution in [3.05, 3.63) is 64.4 Å². The topological polar surface area (TPSA) is 86.8 Å². The van der Waals surface area contributed by atoms with Gasteiger partial charge >= 0.3 is 0 Å². The van der Waals surface area contributed by atoms with Gasteiger partial charge in [0, 0.05) is 30.1 Å². The molecule has 0 aliphatic heterocycles. The molecule has 204 valence electrons. The summed E-state index contributed by atoms with van der Waals surface area (Å²) in [5.41, 5.74) is 1.40. The Morgan fingerprint density at radius 1 is 1.11 bits per heavy atom. The molecule has 1 N–H and O–H groups in total. The van der Waals surface area contributed by atoms with Crippen molar-refractivity contribution in [2.45, 2.75) is 72.0 Å². The molecular weight excluding hydrogens is 517 g/mol. The van der Waals surface area contributed by atoms with Crippen LogP contribution in [0.4, 0.5) is 10.1 Å². The van der Waals surface area contributed by atoms with E-state index in [9.17, 15) is 22.4 Å². The zero-order chi connectivity index (χ0) is 28.0. The number of hydrogen-bond acceptors (Lipinski definition) is 4. The highest BCUT2D eigenvalue weighted by atomic mass is 35.5. The maximum absolute atomic E-state index is 13.5. The van der Waals surface area contributed by atoms with Crippen LogP contribution < -0.4 is 9.62 Å². The Balaban J connectivity index is 2.27. The molecule has 0 unspecified atom stereocenters.